The van der Waals surface area contributed by atoms with Gasteiger partial charge in [0.25, 0.3) is 23.1 Å². The molecule has 5 aromatic carbocycles. The summed E-state index contributed by atoms with van der Waals surface area (Å²) in [5.41, 5.74) is 15.9. The van der Waals surface area contributed by atoms with E-state index < -0.39 is 20.2 Å². The second-order valence-corrected chi connectivity index (χ2v) is 18.6. The molecule has 9 rings (SSSR count). The Morgan fingerprint density at radius 3 is 1.16 bits per heavy atom. The number of carbonyl (C=O) groups is 2. The first-order valence-electron chi connectivity index (χ1n) is 21.4. The molecule has 2 N–H and O–H groups in total. The first-order chi connectivity index (χ1) is 33.4. The van der Waals surface area contributed by atoms with Crippen LogP contribution in [0.15, 0.2) is 203 Å². The number of hydrogen-bond donors (Lipinski definition) is 2. The van der Waals surface area contributed by atoms with Crippen molar-refractivity contribution in [3.05, 3.63) is 216 Å². The van der Waals surface area contributed by atoms with Gasteiger partial charge in [0, 0.05) is 34.4 Å². The van der Waals surface area contributed by atoms with E-state index in [1.54, 1.807) is 61.0 Å². The van der Waals surface area contributed by atoms with Crippen LogP contribution in [0.25, 0.3) is 33.8 Å². The van der Waals surface area contributed by atoms with Crippen molar-refractivity contribution in [2.45, 2.75) is 23.6 Å². The molecular weight excluding hydrogens is 929 g/mol. The van der Waals surface area contributed by atoms with E-state index >= 15 is 0 Å². The van der Waals surface area contributed by atoms with Gasteiger partial charge in [0.2, 0.25) is 0 Å². The highest BCUT2D eigenvalue weighted by atomic mass is 32.2. The smallest absolute Gasteiger partial charge is 0.286 e. The van der Waals surface area contributed by atoms with Gasteiger partial charge in [-0.2, -0.15) is 10.2 Å². The van der Waals surface area contributed by atoms with Gasteiger partial charge in [0.15, 0.2) is 11.4 Å². The number of carbonyl (C=O) groups excluding carboxylic acids is 2. The van der Waals surface area contributed by atoms with Crippen LogP contribution in [0.2, 0.25) is 0 Å². The molecule has 9 aromatic rings. The third-order valence-electron chi connectivity index (χ3n) is 10.9. The minimum atomic E-state index is -4.27. The SMILES string of the molecule is C[n+]1c(-c2ccc(/C=N/NC(=O)c3ccc(C(=O)N/N=C/c4ccc(-c5cn6ccccc6[n+]5C)cc4)cc3)cc2)cn2ccccc21.Cc1ccc(S(=O)(=O)[O-])cc1.Cc1ccc(S(=O)(=O)[O-])cc1. The lowest BCUT2D eigenvalue weighted by Crippen LogP contribution is -2.29. The molecule has 0 radical (unpaired) electrons. The normalized spacial score (nSPS) is 11.5. The van der Waals surface area contributed by atoms with E-state index in [0.29, 0.717) is 11.1 Å². The molecule has 0 aliphatic carbocycles. The number of aryl methyl sites for hydroxylation is 4. The number of rotatable bonds is 10. The maximum absolute atomic E-state index is 12.6. The number of benzene rings is 5. The number of imidazole rings is 2. The monoisotopic (exact) mass is 974 g/mol. The van der Waals surface area contributed by atoms with E-state index in [1.807, 2.05) is 113 Å². The summed E-state index contributed by atoms with van der Waals surface area (Å²) >= 11 is 0. The Balaban J connectivity index is 0.000000269. The maximum Gasteiger partial charge on any atom is 0.286 e. The van der Waals surface area contributed by atoms with Crippen molar-refractivity contribution in [3.8, 4) is 22.5 Å². The molecule has 2 amide bonds. The first-order valence-corrected chi connectivity index (χ1v) is 24.2. The lowest BCUT2D eigenvalue weighted by Gasteiger charge is -2.05. The third-order valence-corrected chi connectivity index (χ3v) is 12.6. The van der Waals surface area contributed by atoms with Crippen LogP contribution >= 0.6 is 0 Å². The summed E-state index contributed by atoms with van der Waals surface area (Å²) in [5.74, 6) is -0.767. The van der Waals surface area contributed by atoms with E-state index in [4.69, 9.17) is 0 Å². The van der Waals surface area contributed by atoms with Crippen molar-refractivity contribution >= 4 is 55.8 Å². The summed E-state index contributed by atoms with van der Waals surface area (Å²) in [5, 5.41) is 8.20. The quantitative estimate of drug-likeness (QED) is 0.0666. The number of pyridine rings is 2. The Morgan fingerprint density at radius 1 is 0.500 bits per heavy atom. The molecule has 18 heteroatoms. The lowest BCUT2D eigenvalue weighted by atomic mass is 10.1. The molecule has 0 atom stereocenters. The second kappa shape index (κ2) is 21.7. The van der Waals surface area contributed by atoms with Crippen molar-refractivity contribution in [3.63, 3.8) is 0 Å². The zero-order chi connectivity index (χ0) is 50.0. The molecule has 4 aromatic heterocycles. The van der Waals surface area contributed by atoms with E-state index in [0.717, 1.165) is 56.1 Å². The number of amides is 2. The lowest BCUT2D eigenvalue weighted by molar-refractivity contribution is -0.633. The Kier molecular flexibility index (Phi) is 15.3. The van der Waals surface area contributed by atoms with E-state index in [2.05, 4.69) is 63.5 Å². The van der Waals surface area contributed by atoms with Crippen LogP contribution in [0.3, 0.4) is 0 Å². The minimum Gasteiger partial charge on any atom is -0.744 e. The number of hydrogen-bond acceptors (Lipinski definition) is 10. The summed E-state index contributed by atoms with van der Waals surface area (Å²) in [6.45, 7) is 3.64. The van der Waals surface area contributed by atoms with Gasteiger partial charge >= 0.3 is 0 Å². The average Bonchev–Trinajstić information content (AvgIpc) is 3.87. The predicted molar refractivity (Wildman–Crippen MR) is 263 cm³/mol. The zero-order valence-corrected chi connectivity index (χ0v) is 39.9. The number of nitrogens with zero attached hydrogens (tertiary/aromatic N) is 6. The Hall–Kier alpha value is -8.42. The molecule has 0 aliphatic heterocycles. The Bertz CT molecular complexity index is 3350. The van der Waals surface area contributed by atoms with Crippen LogP contribution in [0.1, 0.15) is 43.0 Å². The van der Waals surface area contributed by atoms with Gasteiger partial charge in [-0.05, 0) is 110 Å². The fraction of sp³-hybridized carbons (Fsp3) is 0.0769. The van der Waals surface area contributed by atoms with Gasteiger partial charge in [0.05, 0.1) is 48.7 Å². The van der Waals surface area contributed by atoms with Crippen molar-refractivity contribution in [1.82, 2.24) is 19.7 Å². The van der Waals surface area contributed by atoms with Crippen molar-refractivity contribution in [2.24, 2.45) is 24.3 Å². The molecule has 0 unspecified atom stereocenters. The molecule has 354 valence electrons. The number of aromatic nitrogens is 4. The summed E-state index contributed by atoms with van der Waals surface area (Å²) < 4.78 is 70.8. The zero-order valence-electron chi connectivity index (χ0n) is 38.2. The second-order valence-electron chi connectivity index (χ2n) is 15.8. The average molecular weight is 975 g/mol. The summed E-state index contributed by atoms with van der Waals surface area (Å²) in [4.78, 5) is 24.9. The highest BCUT2D eigenvalue weighted by molar-refractivity contribution is 7.86. The largest absolute Gasteiger partial charge is 0.744 e. The topological polar surface area (TPSA) is 214 Å². The van der Waals surface area contributed by atoms with Gasteiger partial charge in [-0.25, -0.2) is 45.6 Å². The molecule has 0 fully saturated rings. The van der Waals surface area contributed by atoms with Crippen LogP contribution in [0.4, 0.5) is 0 Å². The molecule has 0 saturated heterocycles. The first kappa shape index (κ1) is 49.5. The molecular formula is C52H46N8O8S2. The predicted octanol–water partition coefficient (Wildman–Crippen LogP) is 6.50. The van der Waals surface area contributed by atoms with Gasteiger partial charge in [0.1, 0.15) is 32.6 Å². The molecule has 70 heavy (non-hydrogen) atoms. The maximum atomic E-state index is 12.6. The molecule has 16 nitrogen and oxygen atoms in total. The highest BCUT2D eigenvalue weighted by Crippen LogP contribution is 2.19. The standard InChI is InChI=1S/C38H30N8O2.2C7H8O3S/c1-43-33(25-45-21-5-3-7-35(43)45)29-13-9-27(10-14-29)23-39-41-37(47)31-17-19-32(20-18-31)38(48)42-40-24-28-11-15-30(16-12-28)34-26-46-22-6-4-8-36(46)44(34)2;2*1-6-2-4-7(5-3-6)11(8,9)10/h3-26H,1-2H3;2*2-5H,1H3,(H,8,9,10)/b39-23+,40-24+;;. The van der Waals surface area contributed by atoms with Crippen LogP contribution in [-0.4, -0.2) is 59.0 Å². The molecule has 0 aliphatic rings. The van der Waals surface area contributed by atoms with E-state index in [-0.39, 0.29) is 21.6 Å². The van der Waals surface area contributed by atoms with E-state index in [1.165, 1.54) is 24.3 Å². The molecule has 0 bridgehead atoms. The molecule has 0 spiro atoms. The van der Waals surface area contributed by atoms with Crippen molar-refractivity contribution in [2.75, 3.05) is 0 Å². The van der Waals surface area contributed by atoms with Gasteiger partial charge < -0.3 is 9.11 Å². The minimum absolute atomic E-state index is 0.178. The van der Waals surface area contributed by atoms with Crippen molar-refractivity contribution < 1.29 is 44.7 Å². The van der Waals surface area contributed by atoms with Gasteiger partial charge in [-0.3, -0.25) is 9.59 Å². The van der Waals surface area contributed by atoms with Gasteiger partial charge in [-0.15, -0.1) is 0 Å². The van der Waals surface area contributed by atoms with Crippen LogP contribution < -0.4 is 20.0 Å². The summed E-state index contributed by atoms with van der Waals surface area (Å²) in [6, 6.07) is 45.9. The van der Waals surface area contributed by atoms with Crippen LogP contribution in [0.5, 0.6) is 0 Å². The van der Waals surface area contributed by atoms with Gasteiger partial charge in [-0.1, -0.05) is 71.8 Å². The summed E-state index contributed by atoms with van der Waals surface area (Å²) in [6.07, 6.45) is 11.4. The molecule has 0 saturated carbocycles. The fourth-order valence-corrected chi connectivity index (χ4v) is 7.96. The van der Waals surface area contributed by atoms with Crippen LogP contribution in [0, 0.1) is 13.8 Å². The fourth-order valence-electron chi connectivity index (χ4n) is 7.02. The third kappa shape index (κ3) is 12.6. The summed E-state index contributed by atoms with van der Waals surface area (Å²) in [7, 11) is -4.46. The van der Waals surface area contributed by atoms with E-state index in [9.17, 15) is 35.5 Å². The number of nitrogens with one attached hydrogen (secondary N) is 2. The highest BCUT2D eigenvalue weighted by Gasteiger charge is 2.16. The Labute approximate surface area is 404 Å². The number of hydrazone groups is 2. The van der Waals surface area contributed by atoms with Crippen LogP contribution in [-0.2, 0) is 34.3 Å². The molecule has 4 heterocycles. The number of fused-ring (bicyclic) bond motifs is 2. The van der Waals surface area contributed by atoms with Crippen molar-refractivity contribution in [1.29, 1.82) is 0 Å². The Morgan fingerprint density at radius 2 is 0.843 bits per heavy atom.